The zero-order valence-corrected chi connectivity index (χ0v) is 22.5. The molecule has 2 heterocycles. The first-order chi connectivity index (χ1) is 17.1. The first kappa shape index (κ1) is 28.3. The van der Waals surface area contributed by atoms with Crippen LogP contribution in [0.25, 0.3) is 5.82 Å². The van der Waals surface area contributed by atoms with E-state index in [9.17, 15) is 19.6 Å². The number of amides is 4. The lowest BCUT2D eigenvalue weighted by Crippen LogP contribution is -2.46. The average molecular weight is 576 g/mol. The summed E-state index contributed by atoms with van der Waals surface area (Å²) in [6.45, 7) is 5.63. The number of benzene rings is 1. The topological polar surface area (TPSA) is 145 Å². The second kappa shape index (κ2) is 12.7. The van der Waals surface area contributed by atoms with Crippen LogP contribution < -0.4 is 16.2 Å². The molecule has 0 saturated carbocycles. The maximum Gasteiger partial charge on any atom is 0.335 e. The summed E-state index contributed by atoms with van der Waals surface area (Å²) in [5.74, 6) is -1.10. The lowest BCUT2D eigenvalue weighted by molar-refractivity contribution is 0.0933. The molecule has 0 bridgehead atoms. The second-order valence-corrected chi connectivity index (χ2v) is 8.35. The maximum absolute atomic E-state index is 13.2. The highest BCUT2D eigenvalue weighted by atomic mass is 79.9. The number of rotatable bonds is 4. The number of hydrogen-bond acceptors (Lipinski definition) is 6. The molecular formula is C23H24BrClN8O3. The number of pyridine rings is 1. The Morgan fingerprint density at radius 1 is 1.14 bits per heavy atom. The molecule has 1 aromatic carbocycles. The molecule has 3 aromatic rings. The van der Waals surface area contributed by atoms with Gasteiger partial charge in [-0.2, -0.15) is 10.4 Å². The van der Waals surface area contributed by atoms with Crippen molar-refractivity contribution in [2.75, 3.05) is 19.4 Å². The third-order valence-electron chi connectivity index (χ3n) is 4.49. The van der Waals surface area contributed by atoms with Gasteiger partial charge in [-0.15, -0.1) is 0 Å². The van der Waals surface area contributed by atoms with Crippen LogP contribution in [0.3, 0.4) is 0 Å². The lowest BCUT2D eigenvalue weighted by atomic mass is 10.0. The van der Waals surface area contributed by atoms with Crippen LogP contribution in [0.1, 0.15) is 45.8 Å². The SMILES string of the molecule is CC.Cc1cc(C#N)cc(C(=O)NNC(=O)N(C)C)c1NC(=O)c1cc(Br)nn1-c1ncccc1Cl. The Kier molecular flexibility index (Phi) is 9.95. The number of carbonyl (C=O) groups excluding carboxylic acids is 3. The van der Waals surface area contributed by atoms with Crippen LogP contribution in [0, 0.1) is 18.3 Å². The van der Waals surface area contributed by atoms with Crippen LogP contribution >= 0.6 is 27.5 Å². The molecule has 3 rings (SSSR count). The molecule has 11 nitrogen and oxygen atoms in total. The van der Waals surface area contributed by atoms with E-state index in [-0.39, 0.29) is 33.3 Å². The van der Waals surface area contributed by atoms with Gasteiger partial charge in [-0.05, 0) is 52.7 Å². The number of halogens is 2. The summed E-state index contributed by atoms with van der Waals surface area (Å²) >= 11 is 9.47. The summed E-state index contributed by atoms with van der Waals surface area (Å²) in [7, 11) is 3.01. The normalized spacial score (nSPS) is 9.83. The second-order valence-electron chi connectivity index (χ2n) is 7.13. The standard InChI is InChI=1S/C21H18BrClN8O3.C2H6/c1-11-7-12(10-24)8-13(19(32)27-28-21(34)30(2)3)17(11)26-20(33)15-9-16(22)29-31(15)18-14(23)5-4-6-25-18;1-2/h4-9H,1-3H3,(H,26,33)(H,27,32)(H,28,34);1-2H3. The molecular weight excluding hydrogens is 552 g/mol. The minimum Gasteiger partial charge on any atom is -0.330 e. The minimum absolute atomic E-state index is 0.0232. The van der Waals surface area contributed by atoms with E-state index in [1.165, 1.54) is 48.1 Å². The van der Waals surface area contributed by atoms with Gasteiger partial charge in [0.1, 0.15) is 10.3 Å². The van der Waals surface area contributed by atoms with Crippen LogP contribution in [-0.4, -0.2) is 51.6 Å². The fraction of sp³-hybridized carbons (Fsp3) is 0.217. The molecule has 4 amide bonds. The lowest BCUT2D eigenvalue weighted by Gasteiger charge is -2.17. The van der Waals surface area contributed by atoms with Gasteiger partial charge in [0.15, 0.2) is 5.82 Å². The molecule has 13 heteroatoms. The van der Waals surface area contributed by atoms with Crippen LogP contribution in [0.5, 0.6) is 0 Å². The van der Waals surface area contributed by atoms with Gasteiger partial charge < -0.3 is 10.2 Å². The summed E-state index contributed by atoms with van der Waals surface area (Å²) in [5, 5.41) is 16.5. The molecule has 0 aliphatic rings. The van der Waals surface area contributed by atoms with E-state index in [1.807, 2.05) is 19.9 Å². The Morgan fingerprint density at radius 3 is 2.44 bits per heavy atom. The maximum atomic E-state index is 13.2. The third kappa shape index (κ3) is 6.59. The molecule has 0 saturated heterocycles. The fourth-order valence-electron chi connectivity index (χ4n) is 2.87. The first-order valence-corrected chi connectivity index (χ1v) is 11.8. The highest BCUT2D eigenvalue weighted by molar-refractivity contribution is 9.10. The number of anilines is 1. The molecule has 0 atom stereocenters. The molecule has 0 fully saturated rings. The molecule has 0 aliphatic carbocycles. The Bertz CT molecular complexity index is 1330. The minimum atomic E-state index is -0.729. The van der Waals surface area contributed by atoms with Crippen molar-refractivity contribution in [3.05, 3.63) is 68.5 Å². The molecule has 3 N–H and O–H groups in total. The Hall–Kier alpha value is -3.95. The number of nitrogens with zero attached hydrogens (tertiary/aromatic N) is 5. The van der Waals surface area contributed by atoms with Crippen molar-refractivity contribution in [3.63, 3.8) is 0 Å². The summed E-state index contributed by atoms with van der Waals surface area (Å²) in [4.78, 5) is 43.2. The van der Waals surface area contributed by atoms with Crippen LogP contribution in [0.15, 0.2) is 41.1 Å². The number of nitriles is 1. The molecule has 2 aromatic heterocycles. The van der Waals surface area contributed by atoms with Gasteiger partial charge in [0, 0.05) is 26.4 Å². The smallest absolute Gasteiger partial charge is 0.330 e. The van der Waals surface area contributed by atoms with Gasteiger partial charge in [-0.3, -0.25) is 15.0 Å². The zero-order valence-electron chi connectivity index (χ0n) is 20.2. The quantitative estimate of drug-likeness (QED) is 0.400. The van der Waals surface area contributed by atoms with E-state index in [4.69, 9.17) is 11.6 Å². The van der Waals surface area contributed by atoms with Crippen molar-refractivity contribution < 1.29 is 14.4 Å². The summed E-state index contributed by atoms with van der Waals surface area (Å²) < 4.78 is 1.62. The molecule has 0 aliphatic heterocycles. The predicted octanol–water partition coefficient (Wildman–Crippen LogP) is 4.06. The summed E-state index contributed by atoms with van der Waals surface area (Å²) in [6, 6.07) is 8.95. The van der Waals surface area contributed by atoms with Gasteiger partial charge in [0.05, 0.1) is 27.9 Å². The van der Waals surface area contributed by atoms with Crippen molar-refractivity contribution in [1.29, 1.82) is 5.26 Å². The van der Waals surface area contributed by atoms with Crippen molar-refractivity contribution in [2.24, 2.45) is 0 Å². The number of aryl methyl sites for hydroxylation is 1. The third-order valence-corrected chi connectivity index (χ3v) is 5.17. The van der Waals surface area contributed by atoms with Gasteiger partial charge in [-0.1, -0.05) is 25.4 Å². The van der Waals surface area contributed by atoms with Crippen molar-refractivity contribution in [1.82, 2.24) is 30.5 Å². The number of aromatic nitrogens is 3. The molecule has 36 heavy (non-hydrogen) atoms. The van der Waals surface area contributed by atoms with Crippen LogP contribution in [0.4, 0.5) is 10.5 Å². The van der Waals surface area contributed by atoms with E-state index in [0.717, 1.165) is 0 Å². The van der Waals surface area contributed by atoms with E-state index in [0.29, 0.717) is 10.2 Å². The number of carbonyl (C=O) groups is 3. The van der Waals surface area contributed by atoms with Crippen molar-refractivity contribution in [2.45, 2.75) is 20.8 Å². The van der Waals surface area contributed by atoms with Gasteiger partial charge >= 0.3 is 6.03 Å². The highest BCUT2D eigenvalue weighted by Crippen LogP contribution is 2.26. The first-order valence-electron chi connectivity index (χ1n) is 10.6. The highest BCUT2D eigenvalue weighted by Gasteiger charge is 2.23. The van der Waals surface area contributed by atoms with Crippen LogP contribution in [-0.2, 0) is 0 Å². The van der Waals surface area contributed by atoms with Crippen molar-refractivity contribution >= 4 is 51.1 Å². The summed E-state index contributed by atoms with van der Waals surface area (Å²) in [6.07, 6.45) is 1.51. The molecule has 188 valence electrons. The Labute approximate surface area is 221 Å². The predicted molar refractivity (Wildman–Crippen MR) is 139 cm³/mol. The average Bonchev–Trinajstić information content (AvgIpc) is 3.26. The summed E-state index contributed by atoms with van der Waals surface area (Å²) in [5.41, 5.74) is 5.38. The molecule has 0 unspecified atom stereocenters. The fourth-order valence-corrected chi connectivity index (χ4v) is 3.45. The number of urea groups is 1. The number of hydrazine groups is 1. The van der Waals surface area contributed by atoms with E-state index < -0.39 is 17.8 Å². The van der Waals surface area contributed by atoms with Gasteiger partial charge in [0.2, 0.25) is 0 Å². The van der Waals surface area contributed by atoms with Gasteiger partial charge in [0.25, 0.3) is 11.8 Å². The zero-order chi connectivity index (χ0) is 27.0. The largest absolute Gasteiger partial charge is 0.335 e. The monoisotopic (exact) mass is 574 g/mol. The van der Waals surface area contributed by atoms with E-state index >= 15 is 0 Å². The van der Waals surface area contributed by atoms with E-state index in [1.54, 1.807) is 19.1 Å². The number of nitrogens with one attached hydrogen (secondary N) is 3. The Balaban J connectivity index is 0.00000222. The van der Waals surface area contributed by atoms with Crippen molar-refractivity contribution in [3.8, 4) is 11.9 Å². The molecule has 0 spiro atoms. The van der Waals surface area contributed by atoms with Gasteiger partial charge in [-0.25, -0.2) is 19.9 Å². The Morgan fingerprint density at radius 2 is 1.83 bits per heavy atom. The van der Waals surface area contributed by atoms with E-state index in [2.05, 4.69) is 42.2 Å². The number of hydrogen-bond donors (Lipinski definition) is 3. The molecule has 0 radical (unpaired) electrons. The van der Waals surface area contributed by atoms with Crippen LogP contribution in [0.2, 0.25) is 5.02 Å².